The van der Waals surface area contributed by atoms with Crippen LogP contribution in [0.15, 0.2) is 0 Å². The molecule has 0 aromatic heterocycles. The summed E-state index contributed by atoms with van der Waals surface area (Å²) in [5.74, 6) is 0.777. The van der Waals surface area contributed by atoms with Gasteiger partial charge in [0.25, 0.3) is 0 Å². The quantitative estimate of drug-likeness (QED) is 0.776. The third kappa shape index (κ3) is 2.13. The van der Waals surface area contributed by atoms with E-state index in [9.17, 15) is 5.11 Å². The molecule has 0 aromatic carbocycles. The Kier molecular flexibility index (Phi) is 3.30. The summed E-state index contributed by atoms with van der Waals surface area (Å²) in [5.41, 5.74) is 0.429. The van der Waals surface area contributed by atoms with Gasteiger partial charge in [0, 0.05) is 31.8 Å². The van der Waals surface area contributed by atoms with Crippen molar-refractivity contribution < 1.29 is 9.84 Å². The zero-order valence-corrected chi connectivity index (χ0v) is 10.8. The number of likely N-dealkylation sites (tertiary alicyclic amines) is 1. The van der Waals surface area contributed by atoms with E-state index in [1.54, 1.807) is 0 Å². The molecule has 0 atom stereocenters. The Morgan fingerprint density at radius 1 is 1.25 bits per heavy atom. The summed E-state index contributed by atoms with van der Waals surface area (Å²) >= 11 is 0. The van der Waals surface area contributed by atoms with E-state index < -0.39 is 0 Å². The molecule has 1 N–H and O–H groups in total. The van der Waals surface area contributed by atoms with E-state index in [0.717, 1.165) is 45.1 Å². The molecule has 0 unspecified atom stereocenters. The summed E-state index contributed by atoms with van der Waals surface area (Å²) in [6, 6.07) is 0. The molecule has 2 aliphatic heterocycles. The van der Waals surface area contributed by atoms with Gasteiger partial charge < -0.3 is 9.84 Å². The van der Waals surface area contributed by atoms with Gasteiger partial charge in [0.05, 0.1) is 6.61 Å². The van der Waals surface area contributed by atoms with Crippen molar-refractivity contribution >= 4 is 0 Å². The van der Waals surface area contributed by atoms with Crippen molar-refractivity contribution in [2.75, 3.05) is 32.9 Å². The van der Waals surface area contributed by atoms with E-state index in [1.165, 1.54) is 0 Å². The van der Waals surface area contributed by atoms with E-state index in [2.05, 4.69) is 25.7 Å². The molecule has 0 spiro atoms. The largest absolute Gasteiger partial charge is 0.394 e. The second-order valence-electron chi connectivity index (χ2n) is 6.46. The standard InChI is InChI=1S/C13H25NO2/c1-12(2,3)11-8-14(9-11)13(10-15)4-6-16-7-5-13/h11,15H,4-10H2,1-3H3. The van der Waals surface area contributed by atoms with Crippen LogP contribution in [0, 0.1) is 11.3 Å². The van der Waals surface area contributed by atoms with Crippen LogP contribution in [0.25, 0.3) is 0 Å². The predicted molar refractivity (Wildman–Crippen MR) is 64.4 cm³/mol. The molecule has 2 rings (SSSR count). The van der Waals surface area contributed by atoms with Gasteiger partial charge in [-0.15, -0.1) is 0 Å². The molecule has 16 heavy (non-hydrogen) atoms. The lowest BCUT2D eigenvalue weighted by Gasteiger charge is -2.56. The zero-order valence-electron chi connectivity index (χ0n) is 10.8. The maximum atomic E-state index is 9.67. The molecular weight excluding hydrogens is 202 g/mol. The van der Waals surface area contributed by atoms with Crippen molar-refractivity contribution in [3.8, 4) is 0 Å². The van der Waals surface area contributed by atoms with Crippen LogP contribution in [-0.4, -0.2) is 48.5 Å². The number of hydrogen-bond acceptors (Lipinski definition) is 3. The second kappa shape index (κ2) is 4.28. The Morgan fingerprint density at radius 3 is 2.25 bits per heavy atom. The maximum absolute atomic E-state index is 9.67. The first-order valence-corrected chi connectivity index (χ1v) is 6.42. The molecule has 2 aliphatic rings. The highest BCUT2D eigenvalue weighted by Gasteiger charge is 2.46. The predicted octanol–water partition coefficient (Wildman–Crippen LogP) is 1.51. The first kappa shape index (κ1) is 12.3. The SMILES string of the molecule is CC(C)(C)C1CN(C2(CO)CCOCC2)C1. The normalized spacial score (nSPS) is 27.8. The smallest absolute Gasteiger partial charge is 0.0617 e. The van der Waals surface area contributed by atoms with Crippen LogP contribution in [-0.2, 0) is 4.74 Å². The van der Waals surface area contributed by atoms with Gasteiger partial charge in [0.15, 0.2) is 0 Å². The molecular formula is C13H25NO2. The Morgan fingerprint density at radius 2 is 1.81 bits per heavy atom. The number of hydrogen-bond donors (Lipinski definition) is 1. The Bertz CT molecular complexity index is 235. The number of rotatable bonds is 2. The number of aliphatic hydroxyl groups excluding tert-OH is 1. The van der Waals surface area contributed by atoms with Gasteiger partial charge >= 0.3 is 0 Å². The van der Waals surface area contributed by atoms with E-state index in [-0.39, 0.29) is 12.1 Å². The number of aliphatic hydroxyl groups is 1. The first-order valence-electron chi connectivity index (χ1n) is 6.42. The summed E-state index contributed by atoms with van der Waals surface area (Å²) < 4.78 is 5.40. The van der Waals surface area contributed by atoms with Gasteiger partial charge in [-0.25, -0.2) is 0 Å². The lowest BCUT2D eigenvalue weighted by Crippen LogP contribution is -2.65. The van der Waals surface area contributed by atoms with Gasteiger partial charge in [-0.3, -0.25) is 4.90 Å². The monoisotopic (exact) mass is 227 g/mol. The van der Waals surface area contributed by atoms with Crippen molar-refractivity contribution in [2.45, 2.75) is 39.2 Å². The minimum Gasteiger partial charge on any atom is -0.394 e. The van der Waals surface area contributed by atoms with Gasteiger partial charge in [0.2, 0.25) is 0 Å². The molecule has 0 saturated carbocycles. The third-order valence-corrected chi connectivity index (χ3v) is 4.49. The molecule has 94 valence electrons. The molecule has 3 nitrogen and oxygen atoms in total. The second-order valence-corrected chi connectivity index (χ2v) is 6.46. The average Bonchev–Trinajstić information content (AvgIpc) is 2.14. The van der Waals surface area contributed by atoms with Crippen molar-refractivity contribution in [1.29, 1.82) is 0 Å². The Hall–Kier alpha value is -0.120. The van der Waals surface area contributed by atoms with Gasteiger partial charge in [-0.05, 0) is 24.2 Å². The van der Waals surface area contributed by atoms with Crippen LogP contribution < -0.4 is 0 Å². The molecule has 3 heteroatoms. The summed E-state index contributed by atoms with van der Waals surface area (Å²) in [4.78, 5) is 2.48. The Labute approximate surface area is 98.8 Å². The Balaban J connectivity index is 1.93. The molecule has 2 saturated heterocycles. The van der Waals surface area contributed by atoms with Crippen LogP contribution in [0.5, 0.6) is 0 Å². The van der Waals surface area contributed by atoms with Crippen molar-refractivity contribution in [1.82, 2.24) is 4.90 Å². The van der Waals surface area contributed by atoms with Crippen molar-refractivity contribution in [2.24, 2.45) is 11.3 Å². The van der Waals surface area contributed by atoms with Crippen LogP contribution in [0.4, 0.5) is 0 Å². The van der Waals surface area contributed by atoms with Gasteiger partial charge in [0.1, 0.15) is 0 Å². The van der Waals surface area contributed by atoms with E-state index in [1.807, 2.05) is 0 Å². The van der Waals surface area contributed by atoms with Crippen LogP contribution >= 0.6 is 0 Å². The molecule has 0 aliphatic carbocycles. The van der Waals surface area contributed by atoms with Crippen LogP contribution in [0.3, 0.4) is 0 Å². The number of ether oxygens (including phenoxy) is 1. The highest BCUT2D eigenvalue weighted by molar-refractivity contribution is 5.00. The van der Waals surface area contributed by atoms with E-state index in [4.69, 9.17) is 4.74 Å². The molecule has 0 radical (unpaired) electrons. The van der Waals surface area contributed by atoms with Gasteiger partial charge in [-0.2, -0.15) is 0 Å². The topological polar surface area (TPSA) is 32.7 Å². The van der Waals surface area contributed by atoms with Crippen molar-refractivity contribution in [3.05, 3.63) is 0 Å². The fourth-order valence-electron chi connectivity index (χ4n) is 2.74. The lowest BCUT2D eigenvalue weighted by atomic mass is 9.72. The molecule has 2 fully saturated rings. The summed E-state index contributed by atoms with van der Waals surface area (Å²) in [5, 5.41) is 9.67. The minimum absolute atomic E-state index is 0.0278. The first-order chi connectivity index (χ1) is 7.48. The minimum atomic E-state index is 0.0278. The van der Waals surface area contributed by atoms with E-state index >= 15 is 0 Å². The molecule has 0 bridgehead atoms. The maximum Gasteiger partial charge on any atom is 0.0617 e. The summed E-state index contributed by atoms with van der Waals surface area (Å²) in [7, 11) is 0. The highest BCUT2D eigenvalue weighted by atomic mass is 16.5. The fourth-order valence-corrected chi connectivity index (χ4v) is 2.74. The van der Waals surface area contributed by atoms with Crippen molar-refractivity contribution in [3.63, 3.8) is 0 Å². The lowest BCUT2D eigenvalue weighted by molar-refractivity contribution is -0.119. The number of nitrogens with zero attached hydrogens (tertiary/aromatic N) is 1. The molecule has 2 heterocycles. The van der Waals surface area contributed by atoms with E-state index in [0.29, 0.717) is 5.41 Å². The van der Waals surface area contributed by atoms with Crippen LogP contribution in [0.1, 0.15) is 33.6 Å². The van der Waals surface area contributed by atoms with Gasteiger partial charge in [-0.1, -0.05) is 20.8 Å². The van der Waals surface area contributed by atoms with Crippen LogP contribution in [0.2, 0.25) is 0 Å². The molecule has 0 aromatic rings. The zero-order chi connectivity index (χ0) is 11.8. The summed E-state index contributed by atoms with van der Waals surface area (Å²) in [6.45, 7) is 11.1. The molecule has 0 amide bonds. The third-order valence-electron chi connectivity index (χ3n) is 4.49. The highest BCUT2D eigenvalue weighted by Crippen LogP contribution is 2.40. The average molecular weight is 227 g/mol. The fraction of sp³-hybridized carbons (Fsp3) is 1.00. The summed E-state index contributed by atoms with van der Waals surface area (Å²) in [6.07, 6.45) is 1.97.